The zero-order valence-corrected chi connectivity index (χ0v) is 8.42. The summed E-state index contributed by atoms with van der Waals surface area (Å²) in [7, 11) is 0. The van der Waals surface area contributed by atoms with E-state index in [0.717, 1.165) is 22.7 Å². The summed E-state index contributed by atoms with van der Waals surface area (Å²) in [4.78, 5) is 13.1. The number of carbonyl (C=O) groups excluding carboxylic acids is 1. The Morgan fingerprint density at radius 3 is 3.07 bits per heavy atom. The average Bonchev–Trinajstić information content (AvgIpc) is 2.62. The van der Waals surface area contributed by atoms with Crippen molar-refractivity contribution < 1.29 is 4.79 Å². The lowest BCUT2D eigenvalue weighted by Gasteiger charge is -2.15. The number of anilines is 1. The number of hydrogen-bond donors (Lipinski definition) is 1. The highest BCUT2D eigenvalue weighted by Crippen LogP contribution is 2.32. The molecule has 0 saturated carbocycles. The molecular weight excluding hydrogens is 200 g/mol. The van der Waals surface area contributed by atoms with Crippen molar-refractivity contribution in [2.45, 2.75) is 6.42 Å². The van der Waals surface area contributed by atoms with Crippen LogP contribution in [0.1, 0.15) is 5.56 Å². The van der Waals surface area contributed by atoms with Gasteiger partial charge in [0, 0.05) is 17.3 Å². The van der Waals surface area contributed by atoms with Crippen LogP contribution in [0, 0.1) is 0 Å². The Hall–Kier alpha value is -1.06. The molecule has 0 bridgehead atoms. The molecule has 1 aliphatic rings. The number of amides is 1. The highest BCUT2D eigenvalue weighted by molar-refractivity contribution is 6.32. The van der Waals surface area contributed by atoms with Crippen molar-refractivity contribution in [2.24, 2.45) is 5.73 Å². The summed E-state index contributed by atoms with van der Waals surface area (Å²) in [6.45, 7) is 0.737. The van der Waals surface area contributed by atoms with Crippen molar-refractivity contribution in [1.82, 2.24) is 0 Å². The number of fused-ring (bicyclic) bond motifs is 1. The van der Waals surface area contributed by atoms with Crippen molar-refractivity contribution >= 4 is 23.2 Å². The van der Waals surface area contributed by atoms with Crippen LogP contribution in [0.25, 0.3) is 0 Å². The molecule has 0 radical (unpaired) electrons. The average molecular weight is 211 g/mol. The molecule has 0 fully saturated rings. The van der Waals surface area contributed by atoms with E-state index in [0.29, 0.717) is 6.54 Å². The van der Waals surface area contributed by atoms with E-state index < -0.39 is 0 Å². The van der Waals surface area contributed by atoms with Crippen LogP contribution >= 0.6 is 11.6 Å². The van der Waals surface area contributed by atoms with E-state index in [-0.39, 0.29) is 12.5 Å². The normalized spacial score (nSPS) is 14.3. The third-order valence-corrected chi connectivity index (χ3v) is 2.80. The lowest BCUT2D eigenvalue weighted by atomic mass is 10.2. The molecule has 1 aromatic rings. The molecule has 0 aromatic heterocycles. The summed E-state index contributed by atoms with van der Waals surface area (Å²) >= 11 is 6.01. The van der Waals surface area contributed by atoms with Crippen LogP contribution < -0.4 is 10.6 Å². The van der Waals surface area contributed by atoms with E-state index in [9.17, 15) is 4.79 Å². The van der Waals surface area contributed by atoms with Gasteiger partial charge in [0.2, 0.25) is 5.91 Å². The van der Waals surface area contributed by atoms with Crippen LogP contribution in [0.4, 0.5) is 5.69 Å². The first-order valence-electron chi connectivity index (χ1n) is 4.52. The summed E-state index contributed by atoms with van der Waals surface area (Å²) in [5.41, 5.74) is 7.28. The Labute approximate surface area is 87.4 Å². The molecule has 0 spiro atoms. The third kappa shape index (κ3) is 1.38. The fraction of sp³-hybridized carbons (Fsp3) is 0.300. The SMILES string of the molecule is NCC(=O)N1CCc2c(Cl)cccc21. The molecule has 0 unspecified atom stereocenters. The topological polar surface area (TPSA) is 46.3 Å². The number of halogens is 1. The minimum absolute atomic E-state index is 0.0476. The van der Waals surface area contributed by atoms with Crippen LogP contribution in [-0.2, 0) is 11.2 Å². The molecule has 1 aromatic carbocycles. The van der Waals surface area contributed by atoms with Gasteiger partial charge in [0.15, 0.2) is 0 Å². The van der Waals surface area contributed by atoms with Crippen LogP contribution in [0.5, 0.6) is 0 Å². The van der Waals surface area contributed by atoms with Gasteiger partial charge in [-0.25, -0.2) is 0 Å². The van der Waals surface area contributed by atoms with Gasteiger partial charge >= 0.3 is 0 Å². The number of rotatable bonds is 1. The van der Waals surface area contributed by atoms with E-state index in [1.807, 2.05) is 18.2 Å². The Kier molecular flexibility index (Phi) is 2.44. The van der Waals surface area contributed by atoms with Crippen LogP contribution in [-0.4, -0.2) is 19.0 Å². The van der Waals surface area contributed by atoms with Gasteiger partial charge in [-0.1, -0.05) is 17.7 Å². The second kappa shape index (κ2) is 3.59. The van der Waals surface area contributed by atoms with Crippen molar-refractivity contribution in [3.63, 3.8) is 0 Å². The van der Waals surface area contributed by atoms with Crippen molar-refractivity contribution in [3.8, 4) is 0 Å². The minimum Gasteiger partial charge on any atom is -0.322 e. The highest BCUT2D eigenvalue weighted by Gasteiger charge is 2.24. The summed E-state index contributed by atoms with van der Waals surface area (Å²) in [6, 6.07) is 5.60. The number of hydrogen-bond acceptors (Lipinski definition) is 2. The molecule has 3 nitrogen and oxygen atoms in total. The Balaban J connectivity index is 2.40. The lowest BCUT2D eigenvalue weighted by Crippen LogP contribution is -2.34. The van der Waals surface area contributed by atoms with Crippen molar-refractivity contribution in [3.05, 3.63) is 28.8 Å². The first-order valence-corrected chi connectivity index (χ1v) is 4.89. The first kappa shape index (κ1) is 9.49. The minimum atomic E-state index is -0.0500. The van der Waals surface area contributed by atoms with E-state index >= 15 is 0 Å². The molecule has 1 amide bonds. The first-order chi connectivity index (χ1) is 6.74. The van der Waals surface area contributed by atoms with Crippen molar-refractivity contribution in [2.75, 3.05) is 18.0 Å². The molecule has 0 aliphatic carbocycles. The van der Waals surface area contributed by atoms with E-state index in [1.165, 1.54) is 0 Å². The molecule has 2 N–H and O–H groups in total. The van der Waals surface area contributed by atoms with Gasteiger partial charge in [0.25, 0.3) is 0 Å². The Morgan fingerprint density at radius 2 is 2.36 bits per heavy atom. The second-order valence-electron chi connectivity index (χ2n) is 3.24. The van der Waals surface area contributed by atoms with Gasteiger partial charge < -0.3 is 10.6 Å². The van der Waals surface area contributed by atoms with Crippen LogP contribution in [0.3, 0.4) is 0 Å². The summed E-state index contributed by atoms with van der Waals surface area (Å²) < 4.78 is 0. The maximum Gasteiger partial charge on any atom is 0.240 e. The van der Waals surface area contributed by atoms with E-state index in [2.05, 4.69) is 0 Å². The maximum absolute atomic E-state index is 11.4. The van der Waals surface area contributed by atoms with Crippen molar-refractivity contribution in [1.29, 1.82) is 0 Å². The number of benzene rings is 1. The summed E-state index contributed by atoms with van der Waals surface area (Å²) in [5.74, 6) is -0.0500. The molecule has 4 heteroatoms. The summed E-state index contributed by atoms with van der Waals surface area (Å²) in [5, 5.41) is 0.731. The molecule has 2 rings (SSSR count). The highest BCUT2D eigenvalue weighted by atomic mass is 35.5. The molecule has 1 heterocycles. The summed E-state index contributed by atoms with van der Waals surface area (Å²) in [6.07, 6.45) is 0.820. The van der Waals surface area contributed by atoms with Gasteiger partial charge in [0.05, 0.1) is 6.54 Å². The number of carbonyl (C=O) groups is 1. The standard InChI is InChI=1S/C10H11ClN2O/c11-8-2-1-3-9-7(8)4-5-13(9)10(14)6-12/h1-3H,4-6,12H2. The van der Waals surface area contributed by atoms with Gasteiger partial charge in [-0.15, -0.1) is 0 Å². The lowest BCUT2D eigenvalue weighted by molar-refractivity contribution is -0.117. The molecule has 0 atom stereocenters. The Morgan fingerprint density at radius 1 is 1.57 bits per heavy atom. The van der Waals surface area contributed by atoms with E-state index in [4.69, 9.17) is 17.3 Å². The molecule has 1 aliphatic heterocycles. The predicted molar refractivity (Wildman–Crippen MR) is 56.6 cm³/mol. The fourth-order valence-corrected chi connectivity index (χ4v) is 2.02. The van der Waals surface area contributed by atoms with Gasteiger partial charge in [0.1, 0.15) is 0 Å². The molecule has 0 saturated heterocycles. The second-order valence-corrected chi connectivity index (χ2v) is 3.64. The van der Waals surface area contributed by atoms with Gasteiger partial charge in [-0.2, -0.15) is 0 Å². The maximum atomic E-state index is 11.4. The molecule has 74 valence electrons. The fourth-order valence-electron chi connectivity index (χ4n) is 1.76. The van der Waals surface area contributed by atoms with E-state index in [1.54, 1.807) is 4.90 Å². The molecule has 14 heavy (non-hydrogen) atoms. The van der Waals surface area contributed by atoms with Gasteiger partial charge in [-0.3, -0.25) is 4.79 Å². The quantitative estimate of drug-likeness (QED) is 0.757. The zero-order chi connectivity index (χ0) is 10.1. The zero-order valence-electron chi connectivity index (χ0n) is 7.66. The molecular formula is C10H11ClN2O. The largest absolute Gasteiger partial charge is 0.322 e. The van der Waals surface area contributed by atoms with Crippen LogP contribution in [0.15, 0.2) is 18.2 Å². The van der Waals surface area contributed by atoms with Gasteiger partial charge in [-0.05, 0) is 24.1 Å². The van der Waals surface area contributed by atoms with Crippen LogP contribution in [0.2, 0.25) is 5.02 Å². The number of nitrogens with zero attached hydrogens (tertiary/aromatic N) is 1. The number of nitrogens with two attached hydrogens (primary N) is 1. The Bertz CT molecular complexity index is 378. The smallest absolute Gasteiger partial charge is 0.240 e. The third-order valence-electron chi connectivity index (χ3n) is 2.45. The predicted octanol–water partition coefficient (Wildman–Crippen LogP) is 1.19. The monoisotopic (exact) mass is 210 g/mol.